The Morgan fingerprint density at radius 1 is 1.22 bits per heavy atom. The molecule has 0 saturated carbocycles. The summed E-state index contributed by atoms with van der Waals surface area (Å²) < 4.78 is 0. The van der Waals surface area contributed by atoms with E-state index in [0.29, 0.717) is 23.1 Å². The Morgan fingerprint density at radius 2 is 1.89 bits per heavy atom. The molecule has 6 heteroatoms. The van der Waals surface area contributed by atoms with Gasteiger partial charge in [0.1, 0.15) is 0 Å². The van der Waals surface area contributed by atoms with Crippen LogP contribution in [0.5, 0.6) is 0 Å². The number of amides is 1. The van der Waals surface area contributed by atoms with Crippen LogP contribution >= 0.6 is 23.2 Å². The molecule has 4 nitrogen and oxygen atoms in total. The Labute approximate surface area is 116 Å². The number of hydrogen-bond donors (Lipinski definition) is 1. The van der Waals surface area contributed by atoms with Crippen LogP contribution in [0.3, 0.4) is 0 Å². The van der Waals surface area contributed by atoms with E-state index in [-0.39, 0.29) is 12.5 Å². The van der Waals surface area contributed by atoms with E-state index in [1.807, 2.05) is 12.1 Å². The second-order valence-electron chi connectivity index (χ2n) is 4.17. The van der Waals surface area contributed by atoms with Crippen LogP contribution in [0, 0.1) is 0 Å². The summed E-state index contributed by atoms with van der Waals surface area (Å²) in [5.74, 6) is -0.00291. The molecule has 2 rings (SSSR count). The molecule has 1 amide bonds. The quantitative estimate of drug-likeness (QED) is 0.899. The maximum absolute atomic E-state index is 11.5. The average Bonchev–Trinajstić information content (AvgIpc) is 2.38. The van der Waals surface area contributed by atoms with Gasteiger partial charge >= 0.3 is 0 Å². The van der Waals surface area contributed by atoms with Crippen molar-refractivity contribution in [3.05, 3.63) is 28.2 Å². The van der Waals surface area contributed by atoms with E-state index in [4.69, 9.17) is 28.9 Å². The van der Waals surface area contributed by atoms with Crippen molar-refractivity contribution in [2.24, 2.45) is 5.73 Å². The first-order valence-electron chi connectivity index (χ1n) is 5.79. The molecule has 0 unspecified atom stereocenters. The fourth-order valence-corrected chi connectivity index (χ4v) is 2.59. The molecule has 1 fully saturated rings. The third kappa shape index (κ3) is 2.88. The summed E-state index contributed by atoms with van der Waals surface area (Å²) in [6, 6.07) is 5.46. The first-order chi connectivity index (χ1) is 8.61. The molecular weight excluding hydrogens is 273 g/mol. The molecule has 18 heavy (non-hydrogen) atoms. The summed E-state index contributed by atoms with van der Waals surface area (Å²) in [5, 5.41) is 1.27. The molecule has 0 aliphatic carbocycles. The number of carbonyl (C=O) groups is 1. The van der Waals surface area contributed by atoms with E-state index < -0.39 is 0 Å². The van der Waals surface area contributed by atoms with E-state index >= 15 is 0 Å². The summed E-state index contributed by atoms with van der Waals surface area (Å²) in [4.78, 5) is 15.4. The predicted octanol–water partition coefficient (Wildman–Crippen LogP) is 1.60. The Hall–Kier alpha value is -0.970. The van der Waals surface area contributed by atoms with E-state index in [9.17, 15) is 4.79 Å². The van der Waals surface area contributed by atoms with Crippen molar-refractivity contribution < 1.29 is 4.79 Å². The van der Waals surface area contributed by atoms with Crippen LogP contribution in [0.4, 0.5) is 5.69 Å². The third-order valence-corrected chi connectivity index (χ3v) is 3.60. The topological polar surface area (TPSA) is 49.6 Å². The van der Waals surface area contributed by atoms with Crippen molar-refractivity contribution >= 4 is 34.8 Å². The van der Waals surface area contributed by atoms with E-state index in [1.165, 1.54) is 0 Å². The number of carbonyl (C=O) groups excluding carboxylic acids is 1. The molecule has 0 bridgehead atoms. The minimum Gasteiger partial charge on any atom is -0.367 e. The van der Waals surface area contributed by atoms with Crippen LogP contribution in [0.15, 0.2) is 18.2 Å². The lowest BCUT2D eigenvalue weighted by molar-refractivity contribution is -0.129. The minimum atomic E-state index is -0.00291. The molecule has 98 valence electrons. The first kappa shape index (κ1) is 13.5. The highest BCUT2D eigenvalue weighted by atomic mass is 35.5. The molecule has 1 heterocycles. The number of benzene rings is 1. The maximum Gasteiger partial charge on any atom is 0.236 e. The summed E-state index contributed by atoms with van der Waals surface area (Å²) in [6.07, 6.45) is 0. The highest BCUT2D eigenvalue weighted by Crippen LogP contribution is 2.29. The van der Waals surface area contributed by atoms with E-state index in [1.54, 1.807) is 11.0 Å². The lowest BCUT2D eigenvalue weighted by atomic mass is 10.2. The molecule has 0 aromatic heterocycles. The molecular formula is C12H15Cl2N3O. The molecule has 0 radical (unpaired) electrons. The second kappa shape index (κ2) is 5.78. The molecule has 2 N–H and O–H groups in total. The Balaban J connectivity index is 2.03. The zero-order valence-electron chi connectivity index (χ0n) is 9.90. The van der Waals surface area contributed by atoms with Crippen LogP contribution in [0.25, 0.3) is 0 Å². The largest absolute Gasteiger partial charge is 0.367 e. The number of nitrogens with two attached hydrogens (primary N) is 1. The van der Waals surface area contributed by atoms with Crippen molar-refractivity contribution in [3.8, 4) is 0 Å². The Bertz CT molecular complexity index is 445. The first-order valence-corrected chi connectivity index (χ1v) is 6.55. The second-order valence-corrected chi connectivity index (χ2v) is 5.01. The summed E-state index contributed by atoms with van der Waals surface area (Å²) >= 11 is 12.0. The smallest absolute Gasteiger partial charge is 0.236 e. The molecule has 1 aromatic carbocycles. The average molecular weight is 288 g/mol. The van der Waals surface area contributed by atoms with Crippen molar-refractivity contribution in [1.29, 1.82) is 0 Å². The van der Waals surface area contributed by atoms with Gasteiger partial charge in [0, 0.05) is 31.2 Å². The Morgan fingerprint density at radius 3 is 2.44 bits per heavy atom. The fourth-order valence-electron chi connectivity index (χ4n) is 2.06. The van der Waals surface area contributed by atoms with Gasteiger partial charge in [0.15, 0.2) is 0 Å². The van der Waals surface area contributed by atoms with Gasteiger partial charge in [-0.25, -0.2) is 0 Å². The van der Waals surface area contributed by atoms with Gasteiger partial charge in [-0.3, -0.25) is 4.79 Å². The van der Waals surface area contributed by atoms with Gasteiger partial charge < -0.3 is 15.5 Å². The van der Waals surface area contributed by atoms with Crippen LogP contribution < -0.4 is 10.6 Å². The van der Waals surface area contributed by atoms with E-state index in [0.717, 1.165) is 18.8 Å². The monoisotopic (exact) mass is 287 g/mol. The van der Waals surface area contributed by atoms with Gasteiger partial charge in [-0.2, -0.15) is 0 Å². The standard InChI is InChI=1S/C12H15Cl2N3O/c13-9-1-2-11(10(14)7-9)16-3-5-17(6-4-16)12(18)8-15/h1-2,7H,3-6,8,15H2. The number of anilines is 1. The highest BCUT2D eigenvalue weighted by Gasteiger charge is 2.21. The van der Waals surface area contributed by atoms with Crippen LogP contribution in [0.2, 0.25) is 10.0 Å². The SMILES string of the molecule is NCC(=O)N1CCN(c2ccc(Cl)cc2Cl)CC1. The lowest BCUT2D eigenvalue weighted by Gasteiger charge is -2.36. The highest BCUT2D eigenvalue weighted by molar-refractivity contribution is 6.36. The number of rotatable bonds is 2. The fraction of sp³-hybridized carbons (Fsp3) is 0.417. The van der Waals surface area contributed by atoms with Crippen LogP contribution in [0.1, 0.15) is 0 Å². The van der Waals surface area contributed by atoms with E-state index in [2.05, 4.69) is 4.90 Å². The van der Waals surface area contributed by atoms with Crippen molar-refractivity contribution in [2.75, 3.05) is 37.6 Å². The zero-order valence-corrected chi connectivity index (χ0v) is 11.4. The van der Waals surface area contributed by atoms with Gasteiger partial charge in [0.05, 0.1) is 17.3 Å². The van der Waals surface area contributed by atoms with Crippen molar-refractivity contribution in [3.63, 3.8) is 0 Å². The summed E-state index contributed by atoms with van der Waals surface area (Å²) in [5.41, 5.74) is 6.31. The normalized spacial score (nSPS) is 15.9. The van der Waals surface area contributed by atoms with Gasteiger partial charge in [0.2, 0.25) is 5.91 Å². The van der Waals surface area contributed by atoms with Gasteiger partial charge in [-0.05, 0) is 18.2 Å². The van der Waals surface area contributed by atoms with Crippen LogP contribution in [-0.4, -0.2) is 43.5 Å². The molecule has 1 aromatic rings. The number of nitrogens with zero attached hydrogens (tertiary/aromatic N) is 2. The molecule has 1 aliphatic heterocycles. The zero-order chi connectivity index (χ0) is 13.1. The van der Waals surface area contributed by atoms with Gasteiger partial charge in [-0.1, -0.05) is 23.2 Å². The lowest BCUT2D eigenvalue weighted by Crippen LogP contribution is -2.50. The predicted molar refractivity (Wildman–Crippen MR) is 74.3 cm³/mol. The molecule has 0 spiro atoms. The van der Waals surface area contributed by atoms with Gasteiger partial charge in [0.25, 0.3) is 0 Å². The summed E-state index contributed by atoms with van der Waals surface area (Å²) in [7, 11) is 0. The van der Waals surface area contributed by atoms with Gasteiger partial charge in [-0.15, -0.1) is 0 Å². The molecule has 0 atom stereocenters. The van der Waals surface area contributed by atoms with Crippen molar-refractivity contribution in [1.82, 2.24) is 4.90 Å². The molecule has 1 aliphatic rings. The number of hydrogen-bond acceptors (Lipinski definition) is 3. The summed E-state index contributed by atoms with van der Waals surface area (Å²) in [6.45, 7) is 2.94. The Kier molecular flexibility index (Phi) is 4.32. The molecule has 1 saturated heterocycles. The van der Waals surface area contributed by atoms with Crippen molar-refractivity contribution in [2.45, 2.75) is 0 Å². The third-order valence-electron chi connectivity index (χ3n) is 3.06. The number of piperazine rings is 1. The van der Waals surface area contributed by atoms with Crippen LogP contribution in [-0.2, 0) is 4.79 Å². The minimum absolute atomic E-state index is 0.00291. The number of halogens is 2. The maximum atomic E-state index is 11.5.